The minimum absolute atomic E-state index is 0.0787. The summed E-state index contributed by atoms with van der Waals surface area (Å²) in [5.41, 5.74) is 0.997. The average molecular weight is 373 g/mol. The van der Waals surface area contributed by atoms with Gasteiger partial charge >= 0.3 is 6.09 Å². The number of amides is 2. The van der Waals surface area contributed by atoms with E-state index in [1.165, 1.54) is 0 Å². The topological polar surface area (TPSA) is 72.4 Å². The second-order valence-corrected chi connectivity index (χ2v) is 8.42. The number of hydrogen-bond acceptors (Lipinski definition) is 3. The van der Waals surface area contributed by atoms with Gasteiger partial charge in [-0.2, -0.15) is 0 Å². The van der Waals surface area contributed by atoms with Crippen LogP contribution < -0.4 is 10.6 Å². The molecule has 0 saturated carbocycles. The van der Waals surface area contributed by atoms with Gasteiger partial charge in [-0.15, -0.1) is 0 Å². The van der Waals surface area contributed by atoms with Crippen molar-refractivity contribution in [3.8, 4) is 0 Å². The number of nitrogens with zero attached hydrogens (tertiary/aromatic N) is 1. The Morgan fingerprint density at radius 1 is 1.11 bits per heavy atom. The fraction of sp³-hybridized carbons (Fsp3) is 0.524. The Balaban J connectivity index is 1.97. The lowest BCUT2D eigenvalue weighted by atomic mass is 10.0. The van der Waals surface area contributed by atoms with Crippen molar-refractivity contribution in [2.75, 3.05) is 6.54 Å². The van der Waals surface area contributed by atoms with Gasteiger partial charge < -0.3 is 19.9 Å². The maximum atomic E-state index is 12.6. The number of benzene rings is 1. The van der Waals surface area contributed by atoms with E-state index in [9.17, 15) is 9.59 Å². The molecular formula is C21H31N3O3. The van der Waals surface area contributed by atoms with Crippen LogP contribution in [0.15, 0.2) is 30.5 Å². The molecule has 0 unspecified atom stereocenters. The number of hydrogen-bond donors (Lipinski definition) is 2. The van der Waals surface area contributed by atoms with Crippen molar-refractivity contribution in [3.05, 3.63) is 36.0 Å². The number of aryl methyl sites for hydroxylation is 1. The predicted molar refractivity (Wildman–Crippen MR) is 108 cm³/mol. The second-order valence-electron chi connectivity index (χ2n) is 8.42. The molecule has 2 aromatic rings. The van der Waals surface area contributed by atoms with Gasteiger partial charge in [-0.1, -0.05) is 18.2 Å². The largest absolute Gasteiger partial charge is 0.444 e. The van der Waals surface area contributed by atoms with Gasteiger partial charge in [-0.25, -0.2) is 4.79 Å². The quantitative estimate of drug-likeness (QED) is 0.812. The predicted octanol–water partition coefficient (Wildman–Crippen LogP) is 3.62. The van der Waals surface area contributed by atoms with Crippen molar-refractivity contribution in [3.63, 3.8) is 0 Å². The highest BCUT2D eigenvalue weighted by Crippen LogP contribution is 2.22. The standard InChI is InChI=1S/C21H31N3O3/c1-7-24-13-15(16-10-8-9-11-17(16)24)12-18(25)23-21(5,6)14-22-19(26)27-20(2,3)4/h8-11,13H,7,12,14H2,1-6H3,(H,22,26)(H,23,25). The number of aromatic nitrogens is 1. The zero-order valence-electron chi connectivity index (χ0n) is 17.2. The molecule has 0 bridgehead atoms. The number of rotatable bonds is 6. The zero-order chi connectivity index (χ0) is 20.2. The highest BCUT2D eigenvalue weighted by molar-refractivity contribution is 5.89. The van der Waals surface area contributed by atoms with Crippen LogP contribution in [0.2, 0.25) is 0 Å². The van der Waals surface area contributed by atoms with E-state index >= 15 is 0 Å². The Bertz CT molecular complexity index is 816. The summed E-state index contributed by atoms with van der Waals surface area (Å²) in [6.45, 7) is 12.4. The molecule has 1 aromatic heterocycles. The number of nitrogens with one attached hydrogen (secondary N) is 2. The van der Waals surface area contributed by atoms with Crippen LogP contribution >= 0.6 is 0 Å². The SMILES string of the molecule is CCn1cc(CC(=O)NC(C)(C)CNC(=O)OC(C)(C)C)c2ccccc21. The fourth-order valence-corrected chi connectivity index (χ4v) is 2.97. The Morgan fingerprint density at radius 3 is 2.41 bits per heavy atom. The van der Waals surface area contributed by atoms with Crippen LogP contribution in [0.25, 0.3) is 10.9 Å². The Labute approximate surface area is 161 Å². The van der Waals surface area contributed by atoms with E-state index < -0.39 is 17.2 Å². The molecule has 6 heteroatoms. The van der Waals surface area contributed by atoms with Crippen LogP contribution in [0.4, 0.5) is 4.79 Å². The smallest absolute Gasteiger partial charge is 0.407 e. The molecule has 27 heavy (non-hydrogen) atoms. The van der Waals surface area contributed by atoms with Crippen molar-refractivity contribution in [1.82, 2.24) is 15.2 Å². The molecule has 0 aliphatic carbocycles. The van der Waals surface area contributed by atoms with Crippen molar-refractivity contribution in [1.29, 1.82) is 0 Å². The van der Waals surface area contributed by atoms with Gasteiger partial charge in [-0.3, -0.25) is 4.79 Å². The number of ether oxygens (including phenoxy) is 1. The average Bonchev–Trinajstić information content (AvgIpc) is 2.89. The first-order chi connectivity index (χ1) is 12.5. The third kappa shape index (κ3) is 6.01. The first kappa shape index (κ1) is 20.8. The van der Waals surface area contributed by atoms with E-state index in [1.54, 1.807) is 0 Å². The van der Waals surface area contributed by atoms with Crippen LogP contribution in [-0.2, 0) is 22.5 Å². The summed E-state index contributed by atoms with van der Waals surface area (Å²) in [6.07, 6.45) is 1.84. The maximum Gasteiger partial charge on any atom is 0.407 e. The van der Waals surface area contributed by atoms with E-state index in [1.807, 2.05) is 59.0 Å². The van der Waals surface area contributed by atoms with Crippen LogP contribution in [0.5, 0.6) is 0 Å². The normalized spacial score (nSPS) is 12.1. The minimum Gasteiger partial charge on any atom is -0.444 e. The van der Waals surface area contributed by atoms with Crippen LogP contribution in [0.1, 0.15) is 47.1 Å². The van der Waals surface area contributed by atoms with Gasteiger partial charge in [0.05, 0.1) is 12.0 Å². The molecule has 0 atom stereocenters. The molecule has 148 valence electrons. The third-order valence-corrected chi connectivity index (χ3v) is 4.11. The third-order valence-electron chi connectivity index (χ3n) is 4.11. The van der Waals surface area contributed by atoms with Crippen molar-refractivity contribution >= 4 is 22.9 Å². The molecule has 0 saturated heterocycles. The Morgan fingerprint density at radius 2 is 1.78 bits per heavy atom. The van der Waals surface area contributed by atoms with Crippen molar-refractivity contribution in [2.45, 2.75) is 65.6 Å². The maximum absolute atomic E-state index is 12.6. The fourth-order valence-electron chi connectivity index (χ4n) is 2.97. The number of fused-ring (bicyclic) bond motifs is 1. The number of para-hydroxylation sites is 1. The summed E-state index contributed by atoms with van der Waals surface area (Å²) < 4.78 is 7.38. The summed E-state index contributed by atoms with van der Waals surface area (Å²) >= 11 is 0. The highest BCUT2D eigenvalue weighted by atomic mass is 16.6. The summed E-state index contributed by atoms with van der Waals surface area (Å²) in [5.74, 6) is -0.0787. The van der Waals surface area contributed by atoms with Gasteiger partial charge in [0.2, 0.25) is 5.91 Å². The van der Waals surface area contributed by atoms with E-state index in [-0.39, 0.29) is 12.5 Å². The van der Waals surface area contributed by atoms with E-state index in [2.05, 4.69) is 28.2 Å². The molecule has 2 N–H and O–H groups in total. The molecule has 0 fully saturated rings. The summed E-state index contributed by atoms with van der Waals surface area (Å²) in [5, 5.41) is 6.80. The first-order valence-corrected chi connectivity index (χ1v) is 9.35. The molecule has 0 aliphatic rings. The van der Waals surface area contributed by atoms with Crippen LogP contribution in [-0.4, -0.2) is 34.3 Å². The minimum atomic E-state index is -0.586. The summed E-state index contributed by atoms with van der Waals surface area (Å²) in [4.78, 5) is 24.4. The molecule has 2 rings (SSSR count). The molecule has 1 heterocycles. The lowest BCUT2D eigenvalue weighted by Gasteiger charge is -2.27. The summed E-state index contributed by atoms with van der Waals surface area (Å²) in [7, 11) is 0. The highest BCUT2D eigenvalue weighted by Gasteiger charge is 2.24. The van der Waals surface area contributed by atoms with Gasteiger partial charge in [0.15, 0.2) is 0 Å². The van der Waals surface area contributed by atoms with Crippen molar-refractivity contribution < 1.29 is 14.3 Å². The van der Waals surface area contributed by atoms with Gasteiger partial charge in [0.25, 0.3) is 0 Å². The van der Waals surface area contributed by atoms with Crippen LogP contribution in [0.3, 0.4) is 0 Å². The molecular weight excluding hydrogens is 342 g/mol. The number of carbonyl (C=O) groups is 2. The van der Waals surface area contributed by atoms with E-state index in [0.29, 0.717) is 6.42 Å². The van der Waals surface area contributed by atoms with E-state index in [0.717, 1.165) is 23.0 Å². The molecule has 1 aromatic carbocycles. The number of alkyl carbamates (subject to hydrolysis) is 1. The monoisotopic (exact) mass is 373 g/mol. The van der Waals surface area contributed by atoms with Crippen molar-refractivity contribution in [2.24, 2.45) is 0 Å². The Kier molecular flexibility index (Phi) is 6.19. The molecule has 0 aliphatic heterocycles. The Hall–Kier alpha value is -2.50. The first-order valence-electron chi connectivity index (χ1n) is 9.35. The van der Waals surface area contributed by atoms with Crippen LogP contribution in [0, 0.1) is 0 Å². The molecule has 6 nitrogen and oxygen atoms in total. The van der Waals surface area contributed by atoms with Gasteiger partial charge in [0, 0.05) is 30.2 Å². The zero-order valence-corrected chi connectivity index (χ0v) is 17.2. The van der Waals surface area contributed by atoms with E-state index in [4.69, 9.17) is 4.74 Å². The summed E-state index contributed by atoms with van der Waals surface area (Å²) in [6, 6.07) is 8.09. The molecule has 2 amide bonds. The molecule has 0 radical (unpaired) electrons. The molecule has 0 spiro atoms. The number of carbonyl (C=O) groups excluding carboxylic acids is 2. The lowest BCUT2D eigenvalue weighted by molar-refractivity contribution is -0.122. The lowest BCUT2D eigenvalue weighted by Crippen LogP contribution is -2.52. The van der Waals surface area contributed by atoms with Gasteiger partial charge in [-0.05, 0) is 53.2 Å². The van der Waals surface area contributed by atoms with Gasteiger partial charge in [0.1, 0.15) is 5.60 Å². The second kappa shape index (κ2) is 8.03.